The summed E-state index contributed by atoms with van der Waals surface area (Å²) in [6.45, 7) is 3.79. The third kappa shape index (κ3) is 5.40. The van der Waals surface area contributed by atoms with Crippen molar-refractivity contribution in [2.75, 3.05) is 0 Å². The number of sulfone groups is 1. The van der Waals surface area contributed by atoms with Gasteiger partial charge in [0.15, 0.2) is 6.29 Å². The summed E-state index contributed by atoms with van der Waals surface area (Å²) in [5.41, 5.74) is 0.311. The summed E-state index contributed by atoms with van der Waals surface area (Å²) >= 11 is 0. The van der Waals surface area contributed by atoms with E-state index < -0.39 is 16.1 Å². The summed E-state index contributed by atoms with van der Waals surface area (Å²) in [6, 6.07) is 12.4. The Bertz CT molecular complexity index is 926. The quantitative estimate of drug-likeness (QED) is 0.641. The molecule has 2 N–H and O–H groups in total. The average molecular weight is 435 g/mol. The Hall–Kier alpha value is -1.93. The van der Waals surface area contributed by atoms with Gasteiger partial charge in [-0.1, -0.05) is 25.1 Å². The van der Waals surface area contributed by atoms with Gasteiger partial charge in [0.05, 0.1) is 33.7 Å². The van der Waals surface area contributed by atoms with Crippen LogP contribution in [-0.4, -0.2) is 36.9 Å². The molecule has 0 spiro atoms. The van der Waals surface area contributed by atoms with Crippen molar-refractivity contribution in [1.82, 2.24) is 0 Å². The molecule has 0 saturated carbocycles. The number of phenols is 1. The van der Waals surface area contributed by atoms with Gasteiger partial charge >= 0.3 is 0 Å². The predicted octanol–water partition coefficient (Wildman–Crippen LogP) is 4.36. The van der Waals surface area contributed by atoms with E-state index in [4.69, 9.17) is 9.47 Å². The minimum absolute atomic E-state index is 0.0471. The van der Waals surface area contributed by atoms with Crippen LogP contribution in [0.2, 0.25) is 0 Å². The Morgan fingerprint density at radius 2 is 1.77 bits per heavy atom. The minimum atomic E-state index is -3.72. The summed E-state index contributed by atoms with van der Waals surface area (Å²) in [7, 11) is -3.72. The smallest absolute Gasteiger partial charge is 0.206 e. The topological polar surface area (TPSA) is 93.1 Å². The van der Waals surface area contributed by atoms with E-state index in [9.17, 15) is 18.6 Å². The van der Waals surface area contributed by atoms with Crippen molar-refractivity contribution in [2.24, 2.45) is 0 Å². The van der Waals surface area contributed by atoms with E-state index in [0.29, 0.717) is 12.0 Å². The maximum Gasteiger partial charge on any atom is 0.206 e. The molecule has 2 aromatic rings. The lowest BCUT2D eigenvalue weighted by atomic mass is 10.0. The lowest BCUT2D eigenvalue weighted by molar-refractivity contribution is -0.250. The van der Waals surface area contributed by atoms with Crippen LogP contribution in [0.15, 0.2) is 58.3 Å². The van der Waals surface area contributed by atoms with Gasteiger partial charge in [-0.15, -0.1) is 0 Å². The molecular formula is C23H30O6S. The number of hydrogen-bond acceptors (Lipinski definition) is 6. The number of ether oxygens (including phenoxy) is 2. The number of hydrogen-bond donors (Lipinski definition) is 2. The molecule has 3 rings (SSSR count). The van der Waals surface area contributed by atoms with Crippen LogP contribution < -0.4 is 0 Å². The van der Waals surface area contributed by atoms with Crippen LogP contribution in [0.25, 0.3) is 0 Å². The summed E-state index contributed by atoms with van der Waals surface area (Å²) < 4.78 is 38.1. The van der Waals surface area contributed by atoms with Gasteiger partial charge in [-0.05, 0) is 62.9 Å². The molecular weight excluding hydrogens is 404 g/mol. The fourth-order valence-corrected chi connectivity index (χ4v) is 4.96. The Morgan fingerprint density at radius 3 is 2.43 bits per heavy atom. The SMILES string of the molecule is CCC1CC(CCC[C@H](C)O)OC(c2cc(S(=O)(=O)c3ccccc3)ccc2O)O1. The van der Waals surface area contributed by atoms with Gasteiger partial charge < -0.3 is 19.7 Å². The Morgan fingerprint density at radius 1 is 1.07 bits per heavy atom. The van der Waals surface area contributed by atoms with E-state index in [1.54, 1.807) is 37.3 Å². The molecule has 1 saturated heterocycles. The molecule has 3 unspecified atom stereocenters. The van der Waals surface area contributed by atoms with E-state index in [1.807, 2.05) is 6.92 Å². The standard InChI is InChI=1S/C23H30O6S/c1-3-17-14-18(9-7-8-16(2)24)29-23(28-17)21-15-20(12-13-22(21)25)30(26,27)19-10-5-4-6-11-19/h4-6,10-13,15-18,23-25H,3,7-9,14H2,1-2H3/t16-,17?,18?,23?/m0/s1. The van der Waals surface area contributed by atoms with Crippen molar-refractivity contribution < 1.29 is 28.1 Å². The van der Waals surface area contributed by atoms with Crippen molar-refractivity contribution in [3.63, 3.8) is 0 Å². The highest BCUT2D eigenvalue weighted by Crippen LogP contribution is 2.38. The van der Waals surface area contributed by atoms with Gasteiger partial charge in [0.2, 0.25) is 9.84 Å². The predicted molar refractivity (Wildman–Crippen MR) is 113 cm³/mol. The fourth-order valence-electron chi connectivity index (χ4n) is 3.65. The molecule has 0 aromatic heterocycles. The summed E-state index contributed by atoms with van der Waals surface area (Å²) in [5.74, 6) is -0.0634. The molecule has 1 aliphatic heterocycles. The second-order valence-electron chi connectivity index (χ2n) is 7.81. The highest BCUT2D eigenvalue weighted by atomic mass is 32.2. The molecule has 0 aliphatic carbocycles. The van der Waals surface area contributed by atoms with Crippen LogP contribution in [0.1, 0.15) is 57.8 Å². The van der Waals surface area contributed by atoms with E-state index in [-0.39, 0.29) is 33.9 Å². The maximum atomic E-state index is 13.0. The summed E-state index contributed by atoms with van der Waals surface area (Å²) in [4.78, 5) is 0.271. The molecule has 1 fully saturated rings. The first kappa shape index (κ1) is 22.7. The van der Waals surface area contributed by atoms with Crippen LogP contribution in [0.5, 0.6) is 5.75 Å². The average Bonchev–Trinajstić information content (AvgIpc) is 2.74. The highest BCUT2D eigenvalue weighted by molar-refractivity contribution is 7.91. The van der Waals surface area contributed by atoms with E-state index in [2.05, 4.69) is 0 Å². The van der Waals surface area contributed by atoms with Crippen molar-refractivity contribution in [2.45, 2.75) is 80.3 Å². The van der Waals surface area contributed by atoms with Gasteiger partial charge in [0.25, 0.3) is 0 Å². The molecule has 7 heteroatoms. The van der Waals surface area contributed by atoms with E-state index >= 15 is 0 Å². The second-order valence-corrected chi connectivity index (χ2v) is 9.76. The number of rotatable bonds is 8. The van der Waals surface area contributed by atoms with E-state index in [1.165, 1.54) is 18.2 Å². The Kier molecular flexibility index (Phi) is 7.52. The zero-order chi connectivity index (χ0) is 21.7. The lowest BCUT2D eigenvalue weighted by Crippen LogP contribution is -2.33. The zero-order valence-electron chi connectivity index (χ0n) is 17.4. The van der Waals surface area contributed by atoms with Crippen LogP contribution in [0.3, 0.4) is 0 Å². The summed E-state index contributed by atoms with van der Waals surface area (Å²) in [5, 5.41) is 19.9. The van der Waals surface area contributed by atoms with Gasteiger partial charge in [-0.2, -0.15) is 0 Å². The Labute approximate surface area is 178 Å². The molecule has 4 atom stereocenters. The van der Waals surface area contributed by atoms with Crippen molar-refractivity contribution in [3.05, 3.63) is 54.1 Å². The molecule has 1 aliphatic rings. The molecule has 6 nitrogen and oxygen atoms in total. The zero-order valence-corrected chi connectivity index (χ0v) is 18.2. The molecule has 2 aromatic carbocycles. The van der Waals surface area contributed by atoms with Gasteiger partial charge in [0, 0.05) is 6.42 Å². The van der Waals surface area contributed by atoms with Gasteiger partial charge in [-0.3, -0.25) is 0 Å². The molecule has 0 amide bonds. The van der Waals surface area contributed by atoms with Crippen LogP contribution in [0.4, 0.5) is 0 Å². The third-order valence-electron chi connectivity index (χ3n) is 5.38. The molecule has 164 valence electrons. The second kappa shape index (κ2) is 9.92. The van der Waals surface area contributed by atoms with Gasteiger partial charge in [0.1, 0.15) is 5.75 Å². The first-order valence-electron chi connectivity index (χ1n) is 10.4. The number of benzene rings is 2. The number of aromatic hydroxyl groups is 1. The van der Waals surface area contributed by atoms with Crippen molar-refractivity contribution in [3.8, 4) is 5.75 Å². The Balaban J connectivity index is 1.86. The van der Waals surface area contributed by atoms with Crippen LogP contribution in [0, 0.1) is 0 Å². The number of aliphatic hydroxyl groups excluding tert-OH is 1. The molecule has 0 bridgehead atoms. The molecule has 30 heavy (non-hydrogen) atoms. The minimum Gasteiger partial charge on any atom is -0.507 e. The van der Waals surface area contributed by atoms with Gasteiger partial charge in [-0.25, -0.2) is 8.42 Å². The van der Waals surface area contributed by atoms with E-state index in [0.717, 1.165) is 25.7 Å². The largest absolute Gasteiger partial charge is 0.507 e. The lowest BCUT2D eigenvalue weighted by Gasteiger charge is -2.36. The van der Waals surface area contributed by atoms with Crippen molar-refractivity contribution >= 4 is 9.84 Å². The monoisotopic (exact) mass is 434 g/mol. The fraction of sp³-hybridized carbons (Fsp3) is 0.478. The van der Waals surface area contributed by atoms with Crippen LogP contribution in [-0.2, 0) is 19.3 Å². The van der Waals surface area contributed by atoms with Crippen LogP contribution >= 0.6 is 0 Å². The molecule has 1 heterocycles. The molecule has 0 radical (unpaired) electrons. The normalized spacial score (nSPS) is 23.2. The number of phenolic OH excluding ortho intramolecular Hbond substituents is 1. The van der Waals surface area contributed by atoms with Crippen molar-refractivity contribution in [1.29, 1.82) is 0 Å². The first-order chi connectivity index (χ1) is 14.3. The third-order valence-corrected chi connectivity index (χ3v) is 7.15. The first-order valence-corrected chi connectivity index (χ1v) is 11.9. The highest BCUT2D eigenvalue weighted by Gasteiger charge is 2.32. The summed E-state index contributed by atoms with van der Waals surface area (Å²) in [6.07, 6.45) is 2.47. The number of aliphatic hydroxyl groups is 1. The maximum absolute atomic E-state index is 13.0.